The van der Waals surface area contributed by atoms with Crippen molar-refractivity contribution in [1.29, 1.82) is 0 Å². The Balaban J connectivity index is 0.000000234. The van der Waals surface area contributed by atoms with E-state index in [2.05, 4.69) is 86.6 Å². The van der Waals surface area contributed by atoms with Crippen LogP contribution in [0.5, 0.6) is 0 Å². The van der Waals surface area contributed by atoms with E-state index in [1.165, 1.54) is 64.7 Å². The summed E-state index contributed by atoms with van der Waals surface area (Å²) in [7, 11) is 0. The Labute approximate surface area is 296 Å². The Morgan fingerprint density at radius 1 is 0.787 bits per heavy atom. The zero-order valence-electron chi connectivity index (χ0n) is 28.0. The minimum Gasteiger partial charge on any atom is -0.512 e. The summed E-state index contributed by atoms with van der Waals surface area (Å²) in [5.41, 5.74) is 4.84. The van der Waals surface area contributed by atoms with Gasteiger partial charge in [-0.25, -0.2) is 0 Å². The first kappa shape index (κ1) is 34.8. The van der Waals surface area contributed by atoms with E-state index in [1.807, 2.05) is 45.7 Å². The van der Waals surface area contributed by atoms with Crippen molar-refractivity contribution in [1.82, 2.24) is 4.98 Å². The molecule has 0 unspecified atom stereocenters. The summed E-state index contributed by atoms with van der Waals surface area (Å²) in [6, 6.07) is 28.1. The fourth-order valence-corrected chi connectivity index (χ4v) is 7.88. The zero-order valence-corrected chi connectivity index (χ0v) is 31.2. The molecule has 0 bridgehead atoms. The molecule has 1 aliphatic rings. The molecule has 3 nitrogen and oxygen atoms in total. The van der Waals surface area contributed by atoms with Gasteiger partial charge in [0.05, 0.1) is 5.76 Å². The molecule has 0 saturated carbocycles. The molecule has 1 aromatic heterocycles. The summed E-state index contributed by atoms with van der Waals surface area (Å²) in [4.78, 5) is 19.1. The average Bonchev–Trinajstić information content (AvgIpc) is 3.06. The molecule has 0 spiro atoms. The third-order valence-electron chi connectivity index (χ3n) is 9.73. The van der Waals surface area contributed by atoms with Crippen LogP contribution in [0.25, 0.3) is 54.3 Å². The largest absolute Gasteiger partial charge is 0.512 e. The summed E-state index contributed by atoms with van der Waals surface area (Å²) in [6.45, 7) is 12.5. The maximum absolute atomic E-state index is 11.7. The first-order valence-corrected chi connectivity index (χ1v) is 17.4. The minimum atomic E-state index is 0. The van der Waals surface area contributed by atoms with E-state index in [-0.39, 0.29) is 43.5 Å². The smallest absolute Gasteiger partial charge is 0.162 e. The van der Waals surface area contributed by atoms with Crippen molar-refractivity contribution in [3.8, 4) is 11.3 Å². The molecule has 1 N–H and O–H groups in total. The van der Waals surface area contributed by atoms with Crippen LogP contribution in [0.1, 0.15) is 64.5 Å². The average molecular weight is 817 g/mol. The number of carbonyl (C=O) groups excluding carboxylic acids is 1. The van der Waals surface area contributed by atoms with Crippen LogP contribution in [0.15, 0.2) is 94.6 Å². The first-order valence-electron chi connectivity index (χ1n) is 16.6. The second kappa shape index (κ2) is 14.7. The number of fused-ring (bicyclic) bond motifs is 7. The number of allylic oxidation sites excluding steroid dienone is 2. The predicted octanol–water partition coefficient (Wildman–Crippen LogP) is 12.1. The third-order valence-corrected chi connectivity index (χ3v) is 10.8. The van der Waals surface area contributed by atoms with Crippen molar-refractivity contribution in [2.75, 3.05) is 0 Å². The quantitative estimate of drug-likeness (QED) is 0.0753. The van der Waals surface area contributed by atoms with E-state index in [0.29, 0.717) is 0 Å². The topological polar surface area (TPSA) is 50.2 Å². The summed E-state index contributed by atoms with van der Waals surface area (Å²) >= 11 is 1.85. The number of ketones is 1. The van der Waals surface area contributed by atoms with Gasteiger partial charge >= 0.3 is 0 Å². The van der Waals surface area contributed by atoms with Crippen LogP contribution in [-0.2, 0) is 24.9 Å². The standard InChI is InChI=1S/C29H18NS.C13H24O2.Ir/c1-16-11-20-7-8-21-22-9-10-30-29-25-13-18-5-3-4-6-19(18)14-26(25)31-27(28(22)29)15-24(21)23(20)12-17(16)2;1-5-10(6-2)12(14)9-13(15)11(7-3)8-4;/h3-12,14-15H,1-2H3;9-11,14H,5-8H2,1-4H3;/q-1;;/b;12-9-;. The van der Waals surface area contributed by atoms with Crippen molar-refractivity contribution in [2.24, 2.45) is 11.8 Å². The molecule has 0 fully saturated rings. The summed E-state index contributed by atoms with van der Waals surface area (Å²) in [5, 5.41) is 19.9. The minimum absolute atomic E-state index is 0. The molecule has 7 rings (SSSR count). The first-order chi connectivity index (χ1) is 22.3. The Morgan fingerprint density at radius 2 is 1.49 bits per heavy atom. The molecule has 6 aromatic rings. The number of rotatable bonds is 7. The van der Waals surface area contributed by atoms with Gasteiger partial charge in [-0.2, -0.15) is 0 Å². The number of hydrogen-bond acceptors (Lipinski definition) is 4. The second-order valence-electron chi connectivity index (χ2n) is 12.5. The van der Waals surface area contributed by atoms with Gasteiger partial charge < -0.3 is 5.11 Å². The Morgan fingerprint density at radius 3 is 2.21 bits per heavy atom. The van der Waals surface area contributed by atoms with Crippen LogP contribution in [0.4, 0.5) is 0 Å². The van der Waals surface area contributed by atoms with E-state index in [9.17, 15) is 9.90 Å². The van der Waals surface area contributed by atoms with Gasteiger partial charge in [0, 0.05) is 54.8 Å². The van der Waals surface area contributed by atoms with E-state index in [4.69, 9.17) is 4.98 Å². The third kappa shape index (κ3) is 6.63. The van der Waals surface area contributed by atoms with Crippen molar-refractivity contribution in [3.63, 3.8) is 0 Å². The second-order valence-corrected chi connectivity index (χ2v) is 13.6. The monoisotopic (exact) mass is 817 g/mol. The number of carbonyl (C=O) groups is 1. The molecule has 5 aromatic carbocycles. The molecule has 1 aliphatic heterocycles. The van der Waals surface area contributed by atoms with Crippen molar-refractivity contribution in [2.45, 2.75) is 77.0 Å². The number of hydrogen-bond donors (Lipinski definition) is 1. The van der Waals surface area contributed by atoms with Crippen LogP contribution < -0.4 is 0 Å². The number of aromatic nitrogens is 1. The Kier molecular flexibility index (Phi) is 10.9. The Bertz CT molecular complexity index is 2140. The summed E-state index contributed by atoms with van der Waals surface area (Å²) in [6.07, 6.45) is 6.86. The molecule has 0 amide bonds. The maximum Gasteiger partial charge on any atom is 0.162 e. The van der Waals surface area contributed by atoms with Gasteiger partial charge in [-0.05, 0) is 100 Å². The van der Waals surface area contributed by atoms with Crippen molar-refractivity contribution in [3.05, 3.63) is 102 Å². The number of nitrogens with zero attached hydrogens (tertiary/aromatic N) is 1. The zero-order chi connectivity index (χ0) is 32.5. The van der Waals surface area contributed by atoms with Gasteiger partial charge in [-0.3, -0.25) is 9.78 Å². The molecular weight excluding hydrogens is 775 g/mol. The fourth-order valence-electron chi connectivity index (χ4n) is 6.72. The maximum atomic E-state index is 11.7. The van der Waals surface area contributed by atoms with Crippen LogP contribution in [0.2, 0.25) is 0 Å². The van der Waals surface area contributed by atoms with Crippen LogP contribution >= 0.6 is 11.8 Å². The van der Waals surface area contributed by atoms with Crippen LogP contribution in [0, 0.1) is 31.7 Å². The molecular formula is C42H42IrNO2S-. The molecule has 0 aliphatic carbocycles. The number of aliphatic hydroxyl groups excluding tert-OH is 1. The molecule has 243 valence electrons. The number of benzene rings is 5. The van der Waals surface area contributed by atoms with E-state index in [0.717, 1.165) is 42.3 Å². The van der Waals surface area contributed by atoms with Gasteiger partial charge in [0.15, 0.2) is 5.78 Å². The van der Waals surface area contributed by atoms with Gasteiger partial charge in [-0.15, -0.1) is 35.3 Å². The van der Waals surface area contributed by atoms with E-state index < -0.39 is 0 Å². The molecule has 5 heteroatoms. The number of pyridine rings is 1. The van der Waals surface area contributed by atoms with Gasteiger partial charge in [-0.1, -0.05) is 81.1 Å². The molecule has 2 heterocycles. The van der Waals surface area contributed by atoms with E-state index >= 15 is 0 Å². The van der Waals surface area contributed by atoms with Gasteiger partial charge in [0.1, 0.15) is 0 Å². The van der Waals surface area contributed by atoms with Crippen molar-refractivity contribution >= 4 is 60.6 Å². The number of aliphatic hydroxyl groups is 1. The van der Waals surface area contributed by atoms with Crippen LogP contribution in [0.3, 0.4) is 0 Å². The van der Waals surface area contributed by atoms with Crippen LogP contribution in [-0.4, -0.2) is 15.9 Å². The van der Waals surface area contributed by atoms with Gasteiger partial charge in [0.2, 0.25) is 0 Å². The molecule has 0 saturated heterocycles. The normalized spacial score (nSPS) is 12.4. The van der Waals surface area contributed by atoms with Gasteiger partial charge in [0.25, 0.3) is 0 Å². The Hall–Kier alpha value is -3.50. The summed E-state index contributed by atoms with van der Waals surface area (Å²) in [5.74, 6) is 0.547. The van der Waals surface area contributed by atoms with E-state index in [1.54, 1.807) is 0 Å². The predicted molar refractivity (Wildman–Crippen MR) is 196 cm³/mol. The van der Waals surface area contributed by atoms with Crippen molar-refractivity contribution < 1.29 is 30.0 Å². The summed E-state index contributed by atoms with van der Waals surface area (Å²) < 4.78 is 0. The SMILES string of the molecule is CCC(CC)C(=O)/C=C(\O)C(CC)CC.Cc1cc2ccc3c4ccnc5c4c(cc3c2cc1C)Sc1cc2ccccc2[c-]c1-5.[Ir]. The molecule has 0 atom stereocenters. The molecule has 1 radical (unpaired) electrons. The molecule has 47 heavy (non-hydrogen) atoms. The number of aryl methyl sites for hydroxylation is 2. The fraction of sp³-hybridized carbons (Fsp3) is 0.286.